The van der Waals surface area contributed by atoms with Gasteiger partial charge in [-0.1, -0.05) is 102 Å². The zero-order valence-electron chi connectivity index (χ0n) is 20.8. The Morgan fingerprint density at radius 1 is 1.00 bits per heavy atom. The third-order valence-corrected chi connectivity index (χ3v) is 8.55. The minimum Gasteiger partial charge on any atom is -0.303 e. The summed E-state index contributed by atoms with van der Waals surface area (Å²) in [6.07, 6.45) is 0. The van der Waals surface area contributed by atoms with Crippen LogP contribution in [0, 0.1) is 0 Å². The smallest absolute Gasteiger partial charge is 0.291 e. The first-order valence-electron chi connectivity index (χ1n) is 12.0. The van der Waals surface area contributed by atoms with E-state index in [0.717, 1.165) is 21.3 Å². The summed E-state index contributed by atoms with van der Waals surface area (Å²) in [6.45, 7) is 6.77. The van der Waals surface area contributed by atoms with Crippen molar-refractivity contribution in [1.82, 2.24) is 14.6 Å². The van der Waals surface area contributed by atoms with Gasteiger partial charge in [-0.05, 0) is 40.8 Å². The van der Waals surface area contributed by atoms with E-state index in [9.17, 15) is 9.59 Å². The van der Waals surface area contributed by atoms with Gasteiger partial charge in [-0.3, -0.25) is 9.59 Å². The van der Waals surface area contributed by atoms with Crippen molar-refractivity contribution in [2.75, 3.05) is 4.90 Å². The Morgan fingerprint density at radius 2 is 1.74 bits per heavy atom. The second kappa shape index (κ2) is 9.15. The molecule has 0 spiro atoms. The number of thiazole rings is 1. The molecule has 0 atom stereocenters. The number of carbonyl (C=O) groups is 1. The van der Waals surface area contributed by atoms with Crippen LogP contribution in [0.1, 0.15) is 37.5 Å². The SMILES string of the molecule is CC(C)(C)c1ccc(-c2nc3s/c(=C4\C(=O)N(Cc5ccccc5Cl)c5ccc(Br)cc54)c(=O)n3n2)cc1. The molecule has 1 aliphatic heterocycles. The van der Waals surface area contributed by atoms with Crippen molar-refractivity contribution in [1.29, 1.82) is 0 Å². The number of hydrogen-bond acceptors (Lipinski definition) is 5. The van der Waals surface area contributed by atoms with E-state index in [-0.39, 0.29) is 16.9 Å². The van der Waals surface area contributed by atoms with Crippen molar-refractivity contribution in [3.63, 3.8) is 0 Å². The van der Waals surface area contributed by atoms with E-state index < -0.39 is 0 Å². The first-order valence-corrected chi connectivity index (χ1v) is 14.0. The first kappa shape index (κ1) is 25.0. The molecule has 1 amide bonds. The maximum Gasteiger partial charge on any atom is 0.291 e. The number of anilines is 1. The molecule has 5 aromatic rings. The van der Waals surface area contributed by atoms with Crippen LogP contribution in [-0.2, 0) is 16.8 Å². The fourth-order valence-electron chi connectivity index (χ4n) is 4.60. The molecule has 190 valence electrons. The number of carbonyl (C=O) groups excluding carboxylic acids is 1. The van der Waals surface area contributed by atoms with Gasteiger partial charge in [0, 0.05) is 20.6 Å². The molecule has 38 heavy (non-hydrogen) atoms. The van der Waals surface area contributed by atoms with Crippen LogP contribution in [0.5, 0.6) is 0 Å². The summed E-state index contributed by atoms with van der Waals surface area (Å²) in [4.78, 5) is 34.1. The van der Waals surface area contributed by atoms with Gasteiger partial charge < -0.3 is 4.90 Å². The standard InChI is InChI=1S/C29H22BrClN4O2S/c1-29(2,3)18-10-8-16(9-11-18)25-32-28-35(33-25)27(37)24(38-28)23-20-14-19(30)12-13-22(20)34(26(23)36)15-17-6-4-5-7-21(17)31/h4-14H,15H2,1-3H3/b24-23-. The normalized spacial score (nSPS) is 15.0. The molecular formula is C29H22BrClN4O2S. The maximum atomic E-state index is 13.8. The lowest BCUT2D eigenvalue weighted by atomic mass is 9.87. The third kappa shape index (κ3) is 4.17. The Balaban J connectivity index is 1.46. The van der Waals surface area contributed by atoms with Gasteiger partial charge in [0.1, 0.15) is 4.53 Å². The number of hydrogen-bond donors (Lipinski definition) is 0. The topological polar surface area (TPSA) is 67.6 Å². The van der Waals surface area contributed by atoms with Gasteiger partial charge in [0.25, 0.3) is 11.5 Å². The lowest BCUT2D eigenvalue weighted by molar-refractivity contribution is -0.113. The predicted molar refractivity (Wildman–Crippen MR) is 156 cm³/mol. The molecule has 3 heterocycles. The van der Waals surface area contributed by atoms with E-state index in [0.29, 0.717) is 38.0 Å². The van der Waals surface area contributed by atoms with Crippen molar-refractivity contribution in [3.05, 3.63) is 108 Å². The van der Waals surface area contributed by atoms with Crippen LogP contribution in [0.3, 0.4) is 0 Å². The molecule has 0 saturated heterocycles. The molecular weight excluding hydrogens is 584 g/mol. The Kier molecular flexibility index (Phi) is 6.01. The number of nitrogens with zero attached hydrogens (tertiary/aromatic N) is 4. The summed E-state index contributed by atoms with van der Waals surface area (Å²) in [6, 6.07) is 21.1. The zero-order valence-corrected chi connectivity index (χ0v) is 24.0. The summed E-state index contributed by atoms with van der Waals surface area (Å²) in [5.74, 6) is 0.226. The minimum absolute atomic E-state index is 0.0354. The van der Waals surface area contributed by atoms with E-state index in [1.807, 2.05) is 48.5 Å². The van der Waals surface area contributed by atoms with Gasteiger partial charge in [-0.15, -0.1) is 5.10 Å². The van der Waals surface area contributed by atoms with Crippen LogP contribution >= 0.6 is 38.9 Å². The van der Waals surface area contributed by atoms with Crippen LogP contribution in [0.25, 0.3) is 21.9 Å². The van der Waals surface area contributed by atoms with Crippen LogP contribution in [0.4, 0.5) is 5.69 Å². The highest BCUT2D eigenvalue weighted by Crippen LogP contribution is 2.39. The fourth-order valence-corrected chi connectivity index (χ4v) is 6.16. The number of aromatic nitrogens is 3. The summed E-state index contributed by atoms with van der Waals surface area (Å²) in [7, 11) is 0. The van der Waals surface area contributed by atoms with E-state index in [4.69, 9.17) is 11.6 Å². The summed E-state index contributed by atoms with van der Waals surface area (Å²) in [5.41, 5.74) is 4.31. The number of amides is 1. The Labute approximate surface area is 236 Å². The largest absolute Gasteiger partial charge is 0.303 e. The molecule has 9 heteroatoms. The Hall–Kier alpha value is -3.33. The Bertz CT molecular complexity index is 1850. The lowest BCUT2D eigenvalue weighted by Gasteiger charge is -2.18. The zero-order chi connectivity index (χ0) is 26.8. The van der Waals surface area contributed by atoms with Gasteiger partial charge in [-0.25, -0.2) is 0 Å². The van der Waals surface area contributed by atoms with Gasteiger partial charge >= 0.3 is 0 Å². The van der Waals surface area contributed by atoms with Gasteiger partial charge in [0.05, 0.1) is 17.8 Å². The second-order valence-corrected chi connectivity index (χ2v) is 12.5. The first-order chi connectivity index (χ1) is 18.1. The average Bonchev–Trinajstić information content (AvgIpc) is 3.51. The monoisotopic (exact) mass is 604 g/mol. The molecule has 0 saturated carbocycles. The van der Waals surface area contributed by atoms with Crippen LogP contribution in [0.2, 0.25) is 5.02 Å². The highest BCUT2D eigenvalue weighted by molar-refractivity contribution is 9.10. The van der Waals surface area contributed by atoms with E-state index in [1.165, 1.54) is 21.4 Å². The van der Waals surface area contributed by atoms with Crippen molar-refractivity contribution in [3.8, 4) is 11.4 Å². The molecule has 0 radical (unpaired) electrons. The van der Waals surface area contributed by atoms with Gasteiger partial charge in [0.2, 0.25) is 4.96 Å². The molecule has 2 aromatic heterocycles. The summed E-state index contributed by atoms with van der Waals surface area (Å²) in [5, 5.41) is 5.08. The molecule has 1 aliphatic rings. The van der Waals surface area contributed by atoms with Gasteiger partial charge in [-0.2, -0.15) is 9.50 Å². The summed E-state index contributed by atoms with van der Waals surface area (Å²) < 4.78 is 2.43. The maximum absolute atomic E-state index is 13.8. The number of halogens is 2. The average molecular weight is 606 g/mol. The molecule has 0 fully saturated rings. The van der Waals surface area contributed by atoms with E-state index in [1.54, 1.807) is 11.0 Å². The van der Waals surface area contributed by atoms with Crippen LogP contribution in [-0.4, -0.2) is 20.5 Å². The van der Waals surface area contributed by atoms with Crippen LogP contribution < -0.4 is 15.0 Å². The summed E-state index contributed by atoms with van der Waals surface area (Å²) >= 11 is 11.1. The Morgan fingerprint density at radius 3 is 2.42 bits per heavy atom. The molecule has 6 rings (SSSR count). The minimum atomic E-state index is -0.357. The van der Waals surface area contributed by atoms with Crippen molar-refractivity contribution in [2.24, 2.45) is 0 Å². The molecule has 6 nitrogen and oxygen atoms in total. The molecule has 3 aromatic carbocycles. The van der Waals surface area contributed by atoms with Crippen LogP contribution in [0.15, 0.2) is 76.0 Å². The van der Waals surface area contributed by atoms with Crippen molar-refractivity contribution < 1.29 is 4.79 Å². The fraction of sp³-hybridized carbons (Fsp3) is 0.172. The molecule has 0 aliphatic carbocycles. The molecule has 0 unspecified atom stereocenters. The number of fused-ring (bicyclic) bond motifs is 2. The van der Waals surface area contributed by atoms with Crippen molar-refractivity contribution >= 4 is 61.0 Å². The highest BCUT2D eigenvalue weighted by atomic mass is 79.9. The van der Waals surface area contributed by atoms with E-state index >= 15 is 0 Å². The predicted octanol–water partition coefficient (Wildman–Crippen LogP) is 6.00. The van der Waals surface area contributed by atoms with Crippen molar-refractivity contribution in [2.45, 2.75) is 32.7 Å². The third-order valence-electron chi connectivity index (χ3n) is 6.66. The molecule has 0 N–H and O–H groups in total. The number of rotatable bonds is 3. The molecule has 0 bridgehead atoms. The lowest BCUT2D eigenvalue weighted by Crippen LogP contribution is -2.32. The highest BCUT2D eigenvalue weighted by Gasteiger charge is 2.35. The van der Waals surface area contributed by atoms with Gasteiger partial charge in [0.15, 0.2) is 5.82 Å². The second-order valence-electron chi connectivity index (χ2n) is 10.2. The quantitative estimate of drug-likeness (QED) is 0.253. The number of benzene rings is 3. The van der Waals surface area contributed by atoms with E-state index in [2.05, 4.69) is 58.9 Å².